The van der Waals surface area contributed by atoms with Crippen LogP contribution in [0, 0.1) is 22.7 Å². The second-order valence-electron chi connectivity index (χ2n) is 9.63. The second kappa shape index (κ2) is 9.44. The van der Waals surface area contributed by atoms with Crippen molar-refractivity contribution >= 4 is 23.5 Å². The maximum absolute atomic E-state index is 12.9. The standard InChI is InChI=1S/C24H36O6/c1-15-7-9-20-21(23(15,5)11-12-29-17(3)26)13-19(28)14-24(20,6)22(30-18(4)27)10-8-16(2)25/h13,15,20,22H,7-12,14H2,1-6H3/t15-,20+,22-,23+,24+/m1/s1. The van der Waals surface area contributed by atoms with E-state index in [9.17, 15) is 19.2 Å². The Kier molecular flexibility index (Phi) is 7.64. The summed E-state index contributed by atoms with van der Waals surface area (Å²) < 4.78 is 10.9. The molecule has 0 aromatic heterocycles. The van der Waals surface area contributed by atoms with Crippen LogP contribution in [0.5, 0.6) is 0 Å². The molecular weight excluding hydrogens is 384 g/mol. The van der Waals surface area contributed by atoms with E-state index < -0.39 is 17.5 Å². The Hall–Kier alpha value is -1.98. The van der Waals surface area contributed by atoms with Gasteiger partial charge < -0.3 is 14.3 Å². The lowest BCUT2D eigenvalue weighted by Gasteiger charge is -2.55. The minimum atomic E-state index is -0.564. The number of rotatable bonds is 8. The molecule has 5 atom stereocenters. The van der Waals surface area contributed by atoms with Crippen LogP contribution in [0.4, 0.5) is 0 Å². The van der Waals surface area contributed by atoms with Gasteiger partial charge in [0.15, 0.2) is 5.78 Å². The van der Waals surface area contributed by atoms with Gasteiger partial charge in [0.2, 0.25) is 0 Å². The van der Waals surface area contributed by atoms with Crippen molar-refractivity contribution in [3.63, 3.8) is 0 Å². The maximum atomic E-state index is 12.9. The van der Waals surface area contributed by atoms with Gasteiger partial charge in [0.1, 0.15) is 11.9 Å². The fraction of sp³-hybridized carbons (Fsp3) is 0.750. The van der Waals surface area contributed by atoms with Crippen LogP contribution in [0.25, 0.3) is 0 Å². The monoisotopic (exact) mass is 420 g/mol. The molecule has 0 unspecified atom stereocenters. The topological polar surface area (TPSA) is 86.7 Å². The lowest BCUT2D eigenvalue weighted by atomic mass is 9.50. The molecule has 168 valence electrons. The van der Waals surface area contributed by atoms with Crippen LogP contribution in [0.3, 0.4) is 0 Å². The molecule has 6 heteroatoms. The number of hydrogen-bond donors (Lipinski definition) is 0. The predicted octanol–water partition coefficient (Wildman–Crippen LogP) is 4.20. The summed E-state index contributed by atoms with van der Waals surface area (Å²) in [6.45, 7) is 11.0. The number of ether oxygens (including phenoxy) is 2. The van der Waals surface area contributed by atoms with E-state index in [1.165, 1.54) is 20.8 Å². The molecule has 2 rings (SSSR count). The second-order valence-corrected chi connectivity index (χ2v) is 9.63. The Bertz CT molecular complexity index is 738. The van der Waals surface area contributed by atoms with Gasteiger partial charge in [0.25, 0.3) is 0 Å². The van der Waals surface area contributed by atoms with E-state index in [0.717, 1.165) is 18.4 Å². The lowest BCUT2D eigenvalue weighted by molar-refractivity contribution is -0.160. The van der Waals surface area contributed by atoms with Gasteiger partial charge in [-0.15, -0.1) is 0 Å². The average Bonchev–Trinajstić information content (AvgIpc) is 2.61. The maximum Gasteiger partial charge on any atom is 0.302 e. The summed E-state index contributed by atoms with van der Waals surface area (Å²) in [6.07, 6.45) is 4.83. The van der Waals surface area contributed by atoms with Crippen LogP contribution in [-0.4, -0.2) is 36.2 Å². The SMILES string of the molecule is CC(=O)CC[C@@H](OC(C)=O)[C@@]1(C)CC(=O)C=C2[C@@H]1CC[C@@H](C)[C@]2(C)CCOC(C)=O. The van der Waals surface area contributed by atoms with Crippen LogP contribution in [-0.2, 0) is 28.7 Å². The molecule has 0 saturated heterocycles. The first-order chi connectivity index (χ1) is 13.9. The van der Waals surface area contributed by atoms with Crippen molar-refractivity contribution in [2.75, 3.05) is 6.61 Å². The highest BCUT2D eigenvalue weighted by molar-refractivity contribution is 5.92. The quantitative estimate of drug-likeness (QED) is 0.547. The third-order valence-corrected chi connectivity index (χ3v) is 7.41. The van der Waals surface area contributed by atoms with Gasteiger partial charge in [0.05, 0.1) is 6.61 Å². The Balaban J connectivity index is 2.41. The zero-order valence-corrected chi connectivity index (χ0v) is 19.2. The Morgan fingerprint density at radius 1 is 1.13 bits per heavy atom. The van der Waals surface area contributed by atoms with Gasteiger partial charge in [-0.05, 0) is 55.9 Å². The van der Waals surface area contributed by atoms with Crippen LogP contribution in [0.1, 0.15) is 80.1 Å². The molecule has 0 heterocycles. The summed E-state index contributed by atoms with van der Waals surface area (Å²) in [5, 5.41) is 0. The summed E-state index contributed by atoms with van der Waals surface area (Å²) in [7, 11) is 0. The number of esters is 2. The first-order valence-electron chi connectivity index (χ1n) is 10.9. The Labute approximate surface area is 179 Å². The van der Waals surface area contributed by atoms with Crippen molar-refractivity contribution < 1.29 is 28.7 Å². The highest BCUT2D eigenvalue weighted by Gasteiger charge is 2.54. The number of fused-ring (bicyclic) bond motifs is 1. The number of ketones is 2. The van der Waals surface area contributed by atoms with Crippen molar-refractivity contribution in [1.82, 2.24) is 0 Å². The molecule has 0 spiro atoms. The summed E-state index contributed by atoms with van der Waals surface area (Å²) >= 11 is 0. The van der Waals surface area contributed by atoms with Crippen LogP contribution in [0.15, 0.2) is 11.6 Å². The minimum absolute atomic E-state index is 0.0246. The molecule has 2 aliphatic rings. The molecule has 2 aliphatic carbocycles. The van der Waals surface area contributed by atoms with Crippen LogP contribution >= 0.6 is 0 Å². The predicted molar refractivity (Wildman–Crippen MR) is 113 cm³/mol. The minimum Gasteiger partial charge on any atom is -0.466 e. The van der Waals surface area contributed by atoms with Crippen molar-refractivity contribution in [2.24, 2.45) is 22.7 Å². The molecule has 0 bridgehead atoms. The normalized spacial score (nSPS) is 31.9. The Morgan fingerprint density at radius 3 is 2.37 bits per heavy atom. The van der Waals surface area contributed by atoms with Crippen LogP contribution < -0.4 is 0 Å². The van der Waals surface area contributed by atoms with Gasteiger partial charge in [-0.1, -0.05) is 26.3 Å². The fourth-order valence-electron chi connectivity index (χ4n) is 5.44. The molecule has 6 nitrogen and oxygen atoms in total. The molecule has 0 radical (unpaired) electrons. The molecule has 0 N–H and O–H groups in total. The number of hydrogen-bond acceptors (Lipinski definition) is 6. The van der Waals surface area contributed by atoms with Gasteiger partial charge in [-0.3, -0.25) is 14.4 Å². The largest absolute Gasteiger partial charge is 0.466 e. The van der Waals surface area contributed by atoms with E-state index in [-0.39, 0.29) is 28.9 Å². The van der Waals surface area contributed by atoms with Crippen molar-refractivity contribution in [3.8, 4) is 0 Å². The summed E-state index contributed by atoms with van der Waals surface area (Å²) in [5.41, 5.74) is 0.231. The zero-order chi connectivity index (χ0) is 22.7. The zero-order valence-electron chi connectivity index (χ0n) is 19.2. The number of allylic oxidation sites excluding steroid dienone is 2. The van der Waals surface area contributed by atoms with Crippen molar-refractivity contribution in [2.45, 2.75) is 86.2 Å². The summed E-state index contributed by atoms with van der Waals surface area (Å²) in [6, 6.07) is 0. The molecular formula is C24H36O6. The lowest BCUT2D eigenvalue weighted by Crippen LogP contribution is -2.51. The highest BCUT2D eigenvalue weighted by Crippen LogP contribution is 2.59. The molecule has 0 amide bonds. The van der Waals surface area contributed by atoms with E-state index >= 15 is 0 Å². The Morgan fingerprint density at radius 2 is 1.80 bits per heavy atom. The molecule has 1 fully saturated rings. The number of carbonyl (C=O) groups excluding carboxylic acids is 4. The smallest absolute Gasteiger partial charge is 0.302 e. The van der Waals surface area contributed by atoms with Gasteiger partial charge in [0, 0.05) is 32.1 Å². The van der Waals surface area contributed by atoms with Gasteiger partial charge >= 0.3 is 11.9 Å². The molecule has 0 aromatic carbocycles. The average molecular weight is 421 g/mol. The van der Waals surface area contributed by atoms with Crippen molar-refractivity contribution in [3.05, 3.63) is 11.6 Å². The fourth-order valence-corrected chi connectivity index (χ4v) is 5.44. The molecule has 30 heavy (non-hydrogen) atoms. The summed E-state index contributed by atoms with van der Waals surface area (Å²) in [5.74, 6) is -0.236. The van der Waals surface area contributed by atoms with Gasteiger partial charge in [-0.2, -0.15) is 0 Å². The summed E-state index contributed by atoms with van der Waals surface area (Å²) in [4.78, 5) is 47.6. The molecule has 0 aliphatic heterocycles. The number of Topliss-reactive ketones (excluding diaryl/α,β-unsaturated/α-hetero) is 1. The first-order valence-corrected chi connectivity index (χ1v) is 10.9. The van der Waals surface area contributed by atoms with Gasteiger partial charge in [-0.25, -0.2) is 0 Å². The molecule has 0 aromatic rings. The highest BCUT2D eigenvalue weighted by atomic mass is 16.5. The van der Waals surface area contributed by atoms with E-state index in [4.69, 9.17) is 9.47 Å². The third-order valence-electron chi connectivity index (χ3n) is 7.41. The van der Waals surface area contributed by atoms with Crippen LogP contribution in [0.2, 0.25) is 0 Å². The van der Waals surface area contributed by atoms with Crippen molar-refractivity contribution in [1.29, 1.82) is 0 Å². The first kappa shape index (κ1) is 24.3. The van der Waals surface area contributed by atoms with E-state index in [2.05, 4.69) is 13.8 Å². The number of carbonyl (C=O) groups is 4. The third kappa shape index (κ3) is 5.19. The van der Waals surface area contributed by atoms with E-state index in [1.807, 2.05) is 6.92 Å². The molecule has 1 saturated carbocycles. The van der Waals surface area contributed by atoms with E-state index in [1.54, 1.807) is 6.08 Å². The van der Waals surface area contributed by atoms with E-state index in [0.29, 0.717) is 38.2 Å².